The van der Waals surface area contributed by atoms with Gasteiger partial charge in [-0.05, 0) is 49.2 Å². The van der Waals surface area contributed by atoms with Crippen molar-refractivity contribution >= 4 is 17.7 Å². The molecule has 2 aromatic carbocycles. The molecule has 3 aromatic rings. The fourth-order valence-corrected chi connectivity index (χ4v) is 2.52. The van der Waals surface area contributed by atoms with Crippen LogP contribution in [0, 0.1) is 25.2 Å². The van der Waals surface area contributed by atoms with Crippen LogP contribution in [0.3, 0.4) is 0 Å². The molecule has 26 heavy (non-hydrogen) atoms. The molecule has 1 heterocycles. The van der Waals surface area contributed by atoms with Crippen LogP contribution in [0.1, 0.15) is 16.7 Å². The van der Waals surface area contributed by atoms with Gasteiger partial charge in [-0.15, -0.1) is 0 Å². The zero-order chi connectivity index (χ0) is 18.5. The molecule has 128 valence electrons. The van der Waals surface area contributed by atoms with Crippen molar-refractivity contribution in [2.24, 2.45) is 0 Å². The number of benzene rings is 2. The molecule has 1 aromatic heterocycles. The number of para-hydroxylation sites is 1. The van der Waals surface area contributed by atoms with E-state index in [0.29, 0.717) is 11.3 Å². The Balaban J connectivity index is 1.82. The predicted molar refractivity (Wildman–Crippen MR) is 102 cm³/mol. The van der Waals surface area contributed by atoms with Gasteiger partial charge in [0, 0.05) is 17.4 Å². The zero-order valence-corrected chi connectivity index (χ0v) is 14.6. The molecule has 0 aliphatic rings. The highest BCUT2D eigenvalue weighted by molar-refractivity contribution is 6.10. The molecule has 5 heteroatoms. The fraction of sp³-hybridized carbons (Fsp3) is 0.0952. The summed E-state index contributed by atoms with van der Waals surface area (Å²) in [6.07, 6.45) is 4.93. The van der Waals surface area contributed by atoms with Gasteiger partial charge in [0.1, 0.15) is 11.6 Å². The maximum Gasteiger partial charge on any atom is 0.266 e. The maximum absolute atomic E-state index is 12.5. The van der Waals surface area contributed by atoms with Crippen molar-refractivity contribution in [2.45, 2.75) is 13.8 Å². The molecule has 5 nitrogen and oxygen atoms in total. The second-order valence-corrected chi connectivity index (χ2v) is 5.93. The van der Waals surface area contributed by atoms with Crippen LogP contribution in [0.5, 0.6) is 0 Å². The molecule has 3 rings (SSSR count). The van der Waals surface area contributed by atoms with E-state index in [0.717, 1.165) is 16.8 Å². The third-order valence-electron chi connectivity index (χ3n) is 4.15. The highest BCUT2D eigenvalue weighted by Crippen LogP contribution is 2.19. The van der Waals surface area contributed by atoms with Gasteiger partial charge in [-0.2, -0.15) is 10.4 Å². The van der Waals surface area contributed by atoms with Crippen LogP contribution in [0.15, 0.2) is 66.5 Å². The van der Waals surface area contributed by atoms with Crippen LogP contribution in [0.2, 0.25) is 0 Å². The minimum absolute atomic E-state index is 0.0264. The Morgan fingerprint density at radius 2 is 1.92 bits per heavy atom. The number of nitrogens with one attached hydrogen (secondary N) is 1. The first-order valence-corrected chi connectivity index (χ1v) is 8.18. The number of carbonyl (C=O) groups is 1. The topological polar surface area (TPSA) is 70.7 Å². The van der Waals surface area contributed by atoms with Crippen LogP contribution in [0.25, 0.3) is 11.8 Å². The normalized spacial score (nSPS) is 11.0. The molecule has 0 spiro atoms. The van der Waals surface area contributed by atoms with Gasteiger partial charge in [0.05, 0.1) is 11.9 Å². The zero-order valence-electron chi connectivity index (χ0n) is 14.6. The van der Waals surface area contributed by atoms with Crippen molar-refractivity contribution in [1.82, 2.24) is 9.78 Å². The molecule has 0 fully saturated rings. The van der Waals surface area contributed by atoms with Crippen molar-refractivity contribution in [3.05, 3.63) is 83.2 Å². The van der Waals surface area contributed by atoms with Gasteiger partial charge in [-0.3, -0.25) is 4.79 Å². The number of carbonyl (C=O) groups excluding carboxylic acids is 1. The molecule has 0 saturated heterocycles. The molecule has 1 N–H and O–H groups in total. The summed E-state index contributed by atoms with van der Waals surface area (Å²) in [4.78, 5) is 12.5. The fourth-order valence-electron chi connectivity index (χ4n) is 2.52. The van der Waals surface area contributed by atoms with Crippen LogP contribution in [0.4, 0.5) is 5.69 Å². The van der Waals surface area contributed by atoms with Crippen LogP contribution in [-0.2, 0) is 4.79 Å². The highest BCUT2D eigenvalue weighted by atomic mass is 16.1. The van der Waals surface area contributed by atoms with Gasteiger partial charge < -0.3 is 5.32 Å². The molecule has 0 atom stereocenters. The van der Waals surface area contributed by atoms with E-state index in [2.05, 4.69) is 10.4 Å². The second-order valence-electron chi connectivity index (χ2n) is 5.93. The van der Waals surface area contributed by atoms with E-state index < -0.39 is 5.91 Å². The molecular weight excluding hydrogens is 324 g/mol. The number of nitriles is 1. The summed E-state index contributed by atoms with van der Waals surface area (Å²) in [5.74, 6) is -0.436. The van der Waals surface area contributed by atoms with Gasteiger partial charge in [0.2, 0.25) is 0 Å². The highest BCUT2D eigenvalue weighted by Gasteiger charge is 2.12. The molecule has 0 radical (unpaired) electrons. The average Bonchev–Trinajstić information content (AvgIpc) is 3.13. The Morgan fingerprint density at radius 1 is 1.15 bits per heavy atom. The Hall–Kier alpha value is -3.65. The van der Waals surface area contributed by atoms with Crippen LogP contribution >= 0.6 is 0 Å². The lowest BCUT2D eigenvalue weighted by Gasteiger charge is -2.09. The monoisotopic (exact) mass is 342 g/mol. The molecule has 0 unspecified atom stereocenters. The van der Waals surface area contributed by atoms with Crippen molar-refractivity contribution < 1.29 is 4.79 Å². The molecule has 0 aliphatic carbocycles. The Labute approximate surface area is 152 Å². The van der Waals surface area contributed by atoms with E-state index in [1.54, 1.807) is 17.1 Å². The summed E-state index contributed by atoms with van der Waals surface area (Å²) in [6.45, 7) is 3.91. The van der Waals surface area contributed by atoms with Gasteiger partial charge >= 0.3 is 0 Å². The lowest BCUT2D eigenvalue weighted by atomic mass is 10.1. The molecule has 0 aliphatic heterocycles. The van der Waals surface area contributed by atoms with Gasteiger partial charge in [0.15, 0.2) is 0 Å². The first-order valence-electron chi connectivity index (χ1n) is 8.18. The summed E-state index contributed by atoms with van der Waals surface area (Å²) < 4.78 is 1.70. The Kier molecular flexibility index (Phi) is 4.95. The summed E-state index contributed by atoms with van der Waals surface area (Å²) in [5.41, 5.74) is 4.38. The van der Waals surface area contributed by atoms with Crippen LogP contribution in [-0.4, -0.2) is 15.7 Å². The third-order valence-corrected chi connectivity index (χ3v) is 4.15. The number of nitrogens with zero attached hydrogens (tertiary/aromatic N) is 3. The standard InChI is InChI=1S/C21H18N4O/c1-15-7-6-10-20(16(15)2)24-21(26)18(12-22)11-17-13-23-25(14-17)19-8-4-3-5-9-19/h3-11,13-14H,1-2H3,(H,24,26)/b18-11+. The van der Waals surface area contributed by atoms with Gasteiger partial charge in [0.25, 0.3) is 5.91 Å². The van der Waals surface area contributed by atoms with E-state index in [-0.39, 0.29) is 5.57 Å². The summed E-state index contributed by atoms with van der Waals surface area (Å²) in [5, 5.41) is 16.5. The van der Waals surface area contributed by atoms with Crippen molar-refractivity contribution in [3.8, 4) is 11.8 Å². The first kappa shape index (κ1) is 17.2. The maximum atomic E-state index is 12.5. The summed E-state index contributed by atoms with van der Waals surface area (Å²) in [7, 11) is 0. The Bertz CT molecular complexity index is 1010. The van der Waals surface area contributed by atoms with E-state index in [1.807, 2.05) is 68.4 Å². The molecule has 0 bridgehead atoms. The Morgan fingerprint density at radius 3 is 2.65 bits per heavy atom. The van der Waals surface area contributed by atoms with Crippen molar-refractivity contribution in [3.63, 3.8) is 0 Å². The van der Waals surface area contributed by atoms with Gasteiger partial charge in [-0.25, -0.2) is 4.68 Å². The third kappa shape index (κ3) is 3.70. The quantitative estimate of drug-likeness (QED) is 0.575. The number of rotatable bonds is 4. The number of amides is 1. The van der Waals surface area contributed by atoms with Crippen molar-refractivity contribution in [2.75, 3.05) is 5.32 Å². The SMILES string of the molecule is Cc1cccc(NC(=O)/C(C#N)=C/c2cnn(-c3ccccc3)c2)c1C. The minimum atomic E-state index is -0.436. The summed E-state index contributed by atoms with van der Waals surface area (Å²) in [6, 6.07) is 17.3. The van der Waals surface area contributed by atoms with E-state index in [4.69, 9.17) is 0 Å². The van der Waals surface area contributed by atoms with E-state index >= 15 is 0 Å². The first-order chi connectivity index (χ1) is 12.6. The average molecular weight is 342 g/mol. The lowest BCUT2D eigenvalue weighted by Crippen LogP contribution is -2.14. The number of aromatic nitrogens is 2. The molecular formula is C21H18N4O. The lowest BCUT2D eigenvalue weighted by molar-refractivity contribution is -0.112. The van der Waals surface area contributed by atoms with Gasteiger partial charge in [-0.1, -0.05) is 30.3 Å². The summed E-state index contributed by atoms with van der Waals surface area (Å²) >= 11 is 0. The van der Waals surface area contributed by atoms with E-state index in [9.17, 15) is 10.1 Å². The number of hydrogen-bond acceptors (Lipinski definition) is 3. The minimum Gasteiger partial charge on any atom is -0.321 e. The number of aryl methyl sites for hydroxylation is 1. The van der Waals surface area contributed by atoms with E-state index in [1.165, 1.54) is 6.08 Å². The van der Waals surface area contributed by atoms with Crippen molar-refractivity contribution in [1.29, 1.82) is 5.26 Å². The second kappa shape index (κ2) is 7.49. The molecule has 0 saturated carbocycles. The largest absolute Gasteiger partial charge is 0.321 e. The predicted octanol–water partition coefficient (Wildman–Crippen LogP) is 4.03. The smallest absolute Gasteiger partial charge is 0.266 e. The van der Waals surface area contributed by atoms with Crippen LogP contribution < -0.4 is 5.32 Å². The number of hydrogen-bond donors (Lipinski definition) is 1. The number of anilines is 1. The molecule has 1 amide bonds.